The average Bonchev–Trinajstić information content (AvgIpc) is 2.03. The Morgan fingerprint density at radius 3 is 2.09 bits per heavy atom. The van der Waals surface area contributed by atoms with Gasteiger partial charge in [0.15, 0.2) is 0 Å². The summed E-state index contributed by atoms with van der Waals surface area (Å²) in [5.41, 5.74) is 0. The highest BCUT2D eigenvalue weighted by Gasteiger charge is 2.08. The van der Waals surface area contributed by atoms with Gasteiger partial charge in [-0.2, -0.15) is 0 Å². The van der Waals surface area contributed by atoms with Crippen molar-refractivity contribution in [2.24, 2.45) is 11.8 Å². The maximum Gasteiger partial charge on any atom is -0.0327 e. The Balaban J connectivity index is 3.49. The van der Waals surface area contributed by atoms with E-state index in [4.69, 9.17) is 0 Å². The Morgan fingerprint density at radius 2 is 1.73 bits per heavy atom. The molecule has 0 aromatic carbocycles. The first-order valence-electron chi connectivity index (χ1n) is 5.09. The minimum atomic E-state index is 0.812. The minimum Gasteiger partial charge on any atom is -0.0654 e. The van der Waals surface area contributed by atoms with E-state index in [-0.39, 0.29) is 0 Å². The Kier molecular flexibility index (Phi) is 6.69. The largest absolute Gasteiger partial charge is 0.0654 e. The van der Waals surface area contributed by atoms with E-state index in [1.54, 1.807) is 0 Å². The van der Waals surface area contributed by atoms with Crippen LogP contribution in [0.4, 0.5) is 0 Å². The quantitative estimate of drug-likeness (QED) is 0.542. The molecule has 0 aromatic rings. The smallest absolute Gasteiger partial charge is 0.0327 e. The molecule has 67 valence electrons. The molecule has 0 saturated heterocycles. The molecule has 0 aromatic heterocycles. The van der Waals surface area contributed by atoms with E-state index in [9.17, 15) is 0 Å². The van der Waals surface area contributed by atoms with Crippen LogP contribution in [0.2, 0.25) is 0 Å². The topological polar surface area (TPSA) is 0 Å². The second-order valence-electron chi connectivity index (χ2n) is 3.53. The summed E-state index contributed by atoms with van der Waals surface area (Å²) < 4.78 is 0. The second-order valence-corrected chi connectivity index (χ2v) is 3.53. The lowest BCUT2D eigenvalue weighted by Crippen LogP contribution is -2.05. The first-order chi connectivity index (χ1) is 5.24. The molecule has 11 heavy (non-hydrogen) atoms. The molecule has 0 nitrogen and oxygen atoms in total. The summed E-state index contributed by atoms with van der Waals surface area (Å²) in [5.74, 6) is 1.68. The SMILES string of the molecule is CCCC([CH]C(C)CC)CC. The molecule has 0 heterocycles. The van der Waals surface area contributed by atoms with Crippen molar-refractivity contribution in [3.63, 3.8) is 0 Å². The molecule has 2 unspecified atom stereocenters. The van der Waals surface area contributed by atoms with Gasteiger partial charge >= 0.3 is 0 Å². The third-order valence-electron chi connectivity index (χ3n) is 2.43. The Hall–Kier alpha value is 0. The maximum atomic E-state index is 2.53. The number of hydrogen-bond acceptors (Lipinski definition) is 0. The van der Waals surface area contributed by atoms with Crippen LogP contribution < -0.4 is 0 Å². The van der Waals surface area contributed by atoms with Crippen LogP contribution in [-0.4, -0.2) is 0 Å². The van der Waals surface area contributed by atoms with Gasteiger partial charge in [-0.15, -0.1) is 0 Å². The molecule has 0 heteroatoms. The summed E-state index contributed by atoms with van der Waals surface area (Å²) in [6, 6.07) is 0. The normalized spacial score (nSPS) is 16.4. The van der Waals surface area contributed by atoms with Gasteiger partial charge < -0.3 is 0 Å². The summed E-state index contributed by atoms with van der Waals surface area (Å²) in [7, 11) is 0. The van der Waals surface area contributed by atoms with Gasteiger partial charge in [-0.3, -0.25) is 0 Å². The number of rotatable bonds is 6. The highest BCUT2D eigenvalue weighted by Crippen LogP contribution is 2.20. The lowest BCUT2D eigenvalue weighted by atomic mass is 9.89. The summed E-state index contributed by atoms with van der Waals surface area (Å²) in [5, 5.41) is 0. The van der Waals surface area contributed by atoms with Crippen molar-refractivity contribution in [2.45, 2.75) is 53.4 Å². The van der Waals surface area contributed by atoms with Gasteiger partial charge in [0, 0.05) is 0 Å². The molecular weight excluding hydrogens is 132 g/mol. The van der Waals surface area contributed by atoms with Crippen molar-refractivity contribution in [2.75, 3.05) is 0 Å². The zero-order chi connectivity index (χ0) is 8.69. The van der Waals surface area contributed by atoms with Crippen molar-refractivity contribution < 1.29 is 0 Å². The molecule has 1 radical (unpaired) electrons. The fourth-order valence-corrected chi connectivity index (χ4v) is 1.41. The molecule has 0 aliphatic rings. The van der Waals surface area contributed by atoms with E-state index in [1.165, 1.54) is 25.7 Å². The second kappa shape index (κ2) is 6.69. The summed E-state index contributed by atoms with van der Waals surface area (Å²) in [4.78, 5) is 0. The van der Waals surface area contributed by atoms with E-state index in [0.29, 0.717) is 0 Å². The molecule has 0 spiro atoms. The zero-order valence-electron chi connectivity index (χ0n) is 8.56. The van der Waals surface area contributed by atoms with Gasteiger partial charge in [0.2, 0.25) is 0 Å². The highest BCUT2D eigenvalue weighted by molar-refractivity contribution is 4.79. The van der Waals surface area contributed by atoms with E-state index < -0.39 is 0 Å². The van der Waals surface area contributed by atoms with Gasteiger partial charge in [-0.05, 0) is 18.3 Å². The predicted octanol–water partition coefficient (Wildman–Crippen LogP) is 4.06. The predicted molar refractivity (Wildman–Crippen MR) is 52.4 cm³/mol. The molecule has 0 aliphatic carbocycles. The zero-order valence-corrected chi connectivity index (χ0v) is 8.56. The summed E-state index contributed by atoms with van der Waals surface area (Å²) in [6.45, 7) is 9.14. The van der Waals surface area contributed by atoms with Crippen LogP contribution >= 0.6 is 0 Å². The van der Waals surface area contributed by atoms with Crippen molar-refractivity contribution in [3.8, 4) is 0 Å². The summed E-state index contributed by atoms with van der Waals surface area (Å²) in [6.07, 6.45) is 7.84. The average molecular weight is 155 g/mol. The van der Waals surface area contributed by atoms with Crippen LogP contribution in [-0.2, 0) is 0 Å². The Morgan fingerprint density at radius 1 is 1.09 bits per heavy atom. The van der Waals surface area contributed by atoms with Crippen molar-refractivity contribution in [3.05, 3.63) is 6.42 Å². The third-order valence-corrected chi connectivity index (χ3v) is 2.43. The van der Waals surface area contributed by atoms with Crippen LogP contribution in [0.25, 0.3) is 0 Å². The van der Waals surface area contributed by atoms with Crippen LogP contribution in [0.3, 0.4) is 0 Å². The minimum absolute atomic E-state index is 0.812. The van der Waals surface area contributed by atoms with Gasteiger partial charge in [-0.25, -0.2) is 0 Å². The van der Waals surface area contributed by atoms with Crippen molar-refractivity contribution in [1.82, 2.24) is 0 Å². The van der Waals surface area contributed by atoms with Crippen LogP contribution in [0, 0.1) is 18.3 Å². The lowest BCUT2D eigenvalue weighted by molar-refractivity contribution is 0.457. The van der Waals surface area contributed by atoms with Gasteiger partial charge in [0.05, 0.1) is 0 Å². The third kappa shape index (κ3) is 5.29. The molecule has 2 atom stereocenters. The monoisotopic (exact) mass is 155 g/mol. The van der Waals surface area contributed by atoms with Gasteiger partial charge in [0.1, 0.15) is 0 Å². The van der Waals surface area contributed by atoms with Crippen molar-refractivity contribution in [1.29, 1.82) is 0 Å². The fourth-order valence-electron chi connectivity index (χ4n) is 1.41. The molecule has 0 N–H and O–H groups in total. The maximum absolute atomic E-state index is 2.53. The first kappa shape index (κ1) is 11.0. The van der Waals surface area contributed by atoms with Crippen LogP contribution in [0.5, 0.6) is 0 Å². The Labute approximate surface area is 72.4 Å². The van der Waals surface area contributed by atoms with Gasteiger partial charge in [-0.1, -0.05) is 53.4 Å². The van der Waals surface area contributed by atoms with E-state index in [1.807, 2.05) is 0 Å². The molecular formula is C11H23. The molecule has 0 aliphatic heterocycles. The highest BCUT2D eigenvalue weighted by atomic mass is 14.1. The lowest BCUT2D eigenvalue weighted by Gasteiger charge is -2.17. The van der Waals surface area contributed by atoms with E-state index in [0.717, 1.165) is 11.8 Å². The molecule has 0 rings (SSSR count). The van der Waals surface area contributed by atoms with Crippen molar-refractivity contribution >= 4 is 0 Å². The molecule has 0 saturated carbocycles. The first-order valence-corrected chi connectivity index (χ1v) is 5.09. The Bertz CT molecular complexity index is 76.1. The molecule has 0 amide bonds. The molecule has 0 bridgehead atoms. The van der Waals surface area contributed by atoms with Crippen LogP contribution in [0.15, 0.2) is 0 Å². The van der Waals surface area contributed by atoms with E-state index >= 15 is 0 Å². The molecule has 0 fully saturated rings. The van der Waals surface area contributed by atoms with Gasteiger partial charge in [0.25, 0.3) is 0 Å². The fraction of sp³-hybridized carbons (Fsp3) is 0.909. The van der Waals surface area contributed by atoms with Crippen LogP contribution in [0.1, 0.15) is 53.4 Å². The summed E-state index contributed by atoms with van der Waals surface area (Å²) >= 11 is 0. The number of hydrogen-bond donors (Lipinski definition) is 0. The van der Waals surface area contributed by atoms with E-state index in [2.05, 4.69) is 34.1 Å². The standard InChI is InChI=1S/C11H23/c1-5-8-11(7-3)9-10(4)6-2/h9-11H,5-8H2,1-4H3.